The standard InChI is InChI=1S/C12H17N3O4/c1-8-5-9(14-19-8)6-13-11(18)15-4-3-12(2,7-15)10(16)17/h5H,3-4,6-7H2,1-2H3,(H,13,18)(H,16,17). The largest absolute Gasteiger partial charge is 0.481 e. The molecule has 1 aromatic heterocycles. The van der Waals surface area contributed by atoms with E-state index in [0.29, 0.717) is 24.4 Å². The second-order valence-corrected chi connectivity index (χ2v) is 5.12. The van der Waals surface area contributed by atoms with Gasteiger partial charge in [-0.05, 0) is 20.3 Å². The van der Waals surface area contributed by atoms with Crippen molar-refractivity contribution in [3.63, 3.8) is 0 Å². The zero-order valence-corrected chi connectivity index (χ0v) is 11.0. The lowest BCUT2D eigenvalue weighted by molar-refractivity contribution is -0.146. The summed E-state index contributed by atoms with van der Waals surface area (Å²) in [5, 5.41) is 15.6. The first-order valence-corrected chi connectivity index (χ1v) is 6.09. The van der Waals surface area contributed by atoms with Crippen LogP contribution in [-0.4, -0.2) is 40.3 Å². The fraction of sp³-hybridized carbons (Fsp3) is 0.583. The highest BCUT2D eigenvalue weighted by Crippen LogP contribution is 2.29. The molecule has 0 aliphatic carbocycles. The number of rotatable bonds is 3. The minimum atomic E-state index is -0.866. The Balaban J connectivity index is 1.86. The molecular formula is C12H17N3O4. The maximum absolute atomic E-state index is 11.9. The van der Waals surface area contributed by atoms with Crippen LogP contribution in [0.25, 0.3) is 0 Å². The van der Waals surface area contributed by atoms with Gasteiger partial charge in [-0.25, -0.2) is 4.79 Å². The highest BCUT2D eigenvalue weighted by atomic mass is 16.5. The lowest BCUT2D eigenvalue weighted by Crippen LogP contribution is -2.40. The number of carboxylic acids is 1. The molecule has 1 atom stereocenters. The number of hydrogen-bond acceptors (Lipinski definition) is 4. The van der Waals surface area contributed by atoms with Crippen LogP contribution >= 0.6 is 0 Å². The van der Waals surface area contributed by atoms with Gasteiger partial charge in [-0.2, -0.15) is 0 Å². The molecule has 1 aliphatic rings. The molecule has 1 unspecified atom stereocenters. The number of aromatic nitrogens is 1. The van der Waals surface area contributed by atoms with Crippen molar-refractivity contribution in [2.75, 3.05) is 13.1 Å². The van der Waals surface area contributed by atoms with Crippen molar-refractivity contribution in [1.82, 2.24) is 15.4 Å². The SMILES string of the molecule is Cc1cc(CNC(=O)N2CCC(C)(C(=O)O)C2)no1. The van der Waals surface area contributed by atoms with Gasteiger partial charge in [0.2, 0.25) is 0 Å². The van der Waals surface area contributed by atoms with Gasteiger partial charge < -0.3 is 19.8 Å². The Morgan fingerprint density at radius 2 is 2.37 bits per heavy atom. The third kappa shape index (κ3) is 2.86. The molecule has 2 N–H and O–H groups in total. The summed E-state index contributed by atoms with van der Waals surface area (Å²) in [6.07, 6.45) is 0.471. The molecule has 7 nitrogen and oxygen atoms in total. The monoisotopic (exact) mass is 267 g/mol. The van der Waals surface area contributed by atoms with E-state index in [2.05, 4.69) is 10.5 Å². The fourth-order valence-electron chi connectivity index (χ4n) is 2.09. The van der Waals surface area contributed by atoms with Crippen LogP contribution in [0.15, 0.2) is 10.6 Å². The normalized spacial score (nSPS) is 22.5. The number of amides is 2. The van der Waals surface area contributed by atoms with Crippen LogP contribution in [0.1, 0.15) is 24.8 Å². The molecule has 0 aromatic carbocycles. The first-order valence-electron chi connectivity index (χ1n) is 6.09. The Bertz CT molecular complexity index is 499. The maximum atomic E-state index is 11.9. The summed E-state index contributed by atoms with van der Waals surface area (Å²) in [6, 6.07) is 1.47. The van der Waals surface area contributed by atoms with E-state index in [1.165, 1.54) is 4.90 Å². The van der Waals surface area contributed by atoms with Gasteiger partial charge >= 0.3 is 12.0 Å². The quantitative estimate of drug-likeness (QED) is 0.851. The molecule has 0 spiro atoms. The average Bonchev–Trinajstić information content (AvgIpc) is 2.94. The van der Waals surface area contributed by atoms with Gasteiger partial charge in [0.05, 0.1) is 12.0 Å². The summed E-state index contributed by atoms with van der Waals surface area (Å²) in [7, 11) is 0. The van der Waals surface area contributed by atoms with Crippen molar-refractivity contribution in [3.05, 3.63) is 17.5 Å². The molecule has 0 saturated carbocycles. The number of carbonyl (C=O) groups is 2. The van der Waals surface area contributed by atoms with Gasteiger partial charge in [-0.15, -0.1) is 0 Å². The predicted molar refractivity (Wildman–Crippen MR) is 65.4 cm³/mol. The third-order valence-electron chi connectivity index (χ3n) is 3.37. The number of carbonyl (C=O) groups excluding carboxylic acids is 1. The molecule has 1 aromatic rings. The van der Waals surface area contributed by atoms with E-state index < -0.39 is 11.4 Å². The lowest BCUT2D eigenvalue weighted by Gasteiger charge is -2.20. The first-order chi connectivity index (χ1) is 8.90. The molecular weight excluding hydrogens is 250 g/mol. The van der Waals surface area contributed by atoms with E-state index in [9.17, 15) is 9.59 Å². The predicted octanol–water partition coefficient (Wildman–Crippen LogP) is 0.989. The number of aryl methyl sites for hydroxylation is 1. The number of hydrogen-bond donors (Lipinski definition) is 2. The van der Waals surface area contributed by atoms with Crippen molar-refractivity contribution in [2.24, 2.45) is 5.41 Å². The molecule has 2 amide bonds. The van der Waals surface area contributed by atoms with Gasteiger partial charge in [-0.1, -0.05) is 5.16 Å². The van der Waals surface area contributed by atoms with Gasteiger partial charge in [-0.3, -0.25) is 4.79 Å². The first kappa shape index (κ1) is 13.4. The molecule has 1 fully saturated rings. The van der Waals surface area contributed by atoms with E-state index in [4.69, 9.17) is 9.63 Å². The average molecular weight is 267 g/mol. The highest BCUT2D eigenvalue weighted by Gasteiger charge is 2.42. The van der Waals surface area contributed by atoms with E-state index in [1.54, 1.807) is 19.9 Å². The van der Waals surface area contributed by atoms with Crippen LogP contribution in [0.2, 0.25) is 0 Å². The summed E-state index contributed by atoms with van der Waals surface area (Å²) in [4.78, 5) is 24.5. The van der Waals surface area contributed by atoms with Crippen LogP contribution < -0.4 is 5.32 Å². The van der Waals surface area contributed by atoms with Crippen molar-refractivity contribution >= 4 is 12.0 Å². The second-order valence-electron chi connectivity index (χ2n) is 5.12. The molecule has 2 heterocycles. The van der Waals surface area contributed by atoms with Gasteiger partial charge in [0.15, 0.2) is 0 Å². The Hall–Kier alpha value is -2.05. The van der Waals surface area contributed by atoms with Gasteiger partial charge in [0.1, 0.15) is 11.5 Å². The molecule has 0 bridgehead atoms. The number of urea groups is 1. The number of likely N-dealkylation sites (tertiary alicyclic amines) is 1. The Kier molecular flexibility index (Phi) is 3.46. The summed E-state index contributed by atoms with van der Waals surface area (Å²) in [5.41, 5.74) is -0.201. The Labute approximate surface area is 110 Å². The zero-order chi connectivity index (χ0) is 14.0. The van der Waals surface area contributed by atoms with E-state index >= 15 is 0 Å². The number of nitrogens with zero attached hydrogens (tertiary/aromatic N) is 2. The zero-order valence-electron chi connectivity index (χ0n) is 11.0. The molecule has 104 valence electrons. The van der Waals surface area contributed by atoms with Crippen LogP contribution in [0.5, 0.6) is 0 Å². The molecule has 1 saturated heterocycles. The molecule has 19 heavy (non-hydrogen) atoms. The lowest BCUT2D eigenvalue weighted by atomic mass is 9.90. The topological polar surface area (TPSA) is 95.7 Å². The molecule has 2 rings (SSSR count). The Morgan fingerprint density at radius 1 is 1.63 bits per heavy atom. The number of carboxylic acid groups (broad SMARTS) is 1. The maximum Gasteiger partial charge on any atom is 0.317 e. The highest BCUT2D eigenvalue weighted by molar-refractivity contribution is 5.79. The van der Waals surface area contributed by atoms with E-state index in [0.717, 1.165) is 0 Å². The van der Waals surface area contributed by atoms with E-state index in [1.807, 2.05) is 0 Å². The van der Waals surface area contributed by atoms with Crippen LogP contribution in [-0.2, 0) is 11.3 Å². The second kappa shape index (κ2) is 4.91. The van der Waals surface area contributed by atoms with E-state index in [-0.39, 0.29) is 19.1 Å². The molecule has 7 heteroatoms. The van der Waals surface area contributed by atoms with Crippen molar-refractivity contribution in [3.8, 4) is 0 Å². The Morgan fingerprint density at radius 3 is 2.89 bits per heavy atom. The van der Waals surface area contributed by atoms with Crippen LogP contribution in [0.3, 0.4) is 0 Å². The number of nitrogens with one attached hydrogen (secondary N) is 1. The van der Waals surface area contributed by atoms with Crippen molar-refractivity contribution in [1.29, 1.82) is 0 Å². The van der Waals surface area contributed by atoms with Gasteiger partial charge in [0, 0.05) is 19.2 Å². The molecule has 1 aliphatic heterocycles. The summed E-state index contributed by atoms with van der Waals surface area (Å²) < 4.78 is 4.89. The van der Waals surface area contributed by atoms with Crippen molar-refractivity contribution in [2.45, 2.75) is 26.8 Å². The van der Waals surface area contributed by atoms with Crippen LogP contribution in [0, 0.1) is 12.3 Å². The van der Waals surface area contributed by atoms with Gasteiger partial charge in [0.25, 0.3) is 0 Å². The minimum absolute atomic E-state index is 0.228. The smallest absolute Gasteiger partial charge is 0.317 e. The van der Waals surface area contributed by atoms with Crippen molar-refractivity contribution < 1.29 is 19.2 Å². The molecule has 0 radical (unpaired) electrons. The number of aliphatic carboxylic acids is 1. The summed E-state index contributed by atoms with van der Waals surface area (Å²) >= 11 is 0. The fourth-order valence-corrected chi connectivity index (χ4v) is 2.09. The minimum Gasteiger partial charge on any atom is -0.481 e. The van der Waals surface area contributed by atoms with Crippen LogP contribution in [0.4, 0.5) is 4.79 Å². The summed E-state index contributed by atoms with van der Waals surface area (Å²) in [6.45, 7) is 4.38. The third-order valence-corrected chi connectivity index (χ3v) is 3.37. The summed E-state index contributed by atoms with van der Waals surface area (Å²) in [5.74, 6) is -0.182.